The first-order valence-corrected chi connectivity index (χ1v) is 9.52. The molecule has 1 fully saturated rings. The first-order valence-electron chi connectivity index (χ1n) is 8.58. The molecule has 2 amide bonds. The van der Waals surface area contributed by atoms with Gasteiger partial charge in [0, 0.05) is 12.0 Å². The van der Waals surface area contributed by atoms with Crippen LogP contribution in [0.5, 0.6) is 11.9 Å². The summed E-state index contributed by atoms with van der Waals surface area (Å²) in [6.45, 7) is 1.78. The van der Waals surface area contributed by atoms with Gasteiger partial charge in [-0.2, -0.15) is 16.3 Å². The molecule has 0 aromatic carbocycles. The lowest BCUT2D eigenvalue weighted by molar-refractivity contribution is -0.126. The molecular formula is C18H22N4O4S. The lowest BCUT2D eigenvalue weighted by Crippen LogP contribution is -2.50. The van der Waals surface area contributed by atoms with E-state index in [1.165, 1.54) is 14.2 Å². The Hall–Kier alpha value is -2.68. The van der Waals surface area contributed by atoms with Crippen molar-refractivity contribution < 1.29 is 19.1 Å². The highest BCUT2D eigenvalue weighted by atomic mass is 32.1. The van der Waals surface area contributed by atoms with E-state index < -0.39 is 0 Å². The highest BCUT2D eigenvalue weighted by Crippen LogP contribution is 2.27. The van der Waals surface area contributed by atoms with E-state index in [-0.39, 0.29) is 36.3 Å². The van der Waals surface area contributed by atoms with Crippen molar-refractivity contribution in [2.45, 2.75) is 38.3 Å². The number of thiophene rings is 1. The summed E-state index contributed by atoms with van der Waals surface area (Å²) < 4.78 is 10.3. The molecule has 0 unspecified atom stereocenters. The lowest BCUT2D eigenvalue weighted by Gasteiger charge is -2.32. The second-order valence-electron chi connectivity index (χ2n) is 6.27. The van der Waals surface area contributed by atoms with Crippen LogP contribution in [0.3, 0.4) is 0 Å². The SMILES string of the molecule is COc1nc(C)c(CC(=O)N[C@@H]2CCC(=O)N[C@H]2c2ccsc2)c(OC)n1. The third kappa shape index (κ3) is 4.36. The Labute approximate surface area is 161 Å². The van der Waals surface area contributed by atoms with Crippen LogP contribution in [0.25, 0.3) is 0 Å². The summed E-state index contributed by atoms with van der Waals surface area (Å²) in [4.78, 5) is 32.9. The average Bonchev–Trinajstić information content (AvgIpc) is 3.19. The van der Waals surface area contributed by atoms with E-state index in [1.54, 1.807) is 18.3 Å². The first-order chi connectivity index (χ1) is 13.0. The van der Waals surface area contributed by atoms with Crippen molar-refractivity contribution in [3.8, 4) is 11.9 Å². The Morgan fingerprint density at radius 2 is 2.19 bits per heavy atom. The summed E-state index contributed by atoms with van der Waals surface area (Å²) in [6, 6.07) is 1.76. The predicted molar refractivity (Wildman–Crippen MR) is 99.9 cm³/mol. The molecule has 0 aliphatic carbocycles. The zero-order valence-electron chi connectivity index (χ0n) is 15.4. The van der Waals surface area contributed by atoms with Gasteiger partial charge < -0.3 is 20.1 Å². The van der Waals surface area contributed by atoms with Gasteiger partial charge in [-0.15, -0.1) is 0 Å². The van der Waals surface area contributed by atoms with E-state index in [9.17, 15) is 9.59 Å². The molecule has 2 atom stereocenters. The van der Waals surface area contributed by atoms with Gasteiger partial charge in [-0.25, -0.2) is 4.98 Å². The molecule has 2 N–H and O–H groups in total. The summed E-state index contributed by atoms with van der Waals surface area (Å²) >= 11 is 1.56. The van der Waals surface area contributed by atoms with Crippen LogP contribution in [-0.2, 0) is 16.0 Å². The summed E-state index contributed by atoms with van der Waals surface area (Å²) in [5.41, 5.74) is 2.24. The maximum absolute atomic E-state index is 12.7. The van der Waals surface area contributed by atoms with Gasteiger partial charge in [0.05, 0.1) is 38.4 Å². The number of carbonyl (C=O) groups excluding carboxylic acids is 2. The fourth-order valence-electron chi connectivity index (χ4n) is 3.15. The van der Waals surface area contributed by atoms with E-state index in [4.69, 9.17) is 9.47 Å². The molecule has 2 aromatic heterocycles. The number of nitrogens with zero attached hydrogens (tertiary/aromatic N) is 2. The molecule has 3 heterocycles. The summed E-state index contributed by atoms with van der Waals surface area (Å²) in [5, 5.41) is 9.96. The Bertz CT molecular complexity index is 825. The van der Waals surface area contributed by atoms with Gasteiger partial charge in [0.15, 0.2) is 0 Å². The zero-order chi connectivity index (χ0) is 19.4. The fraction of sp³-hybridized carbons (Fsp3) is 0.444. The van der Waals surface area contributed by atoms with Crippen molar-refractivity contribution in [2.24, 2.45) is 0 Å². The molecule has 144 valence electrons. The minimum absolute atomic E-state index is 0.00207. The van der Waals surface area contributed by atoms with Crippen molar-refractivity contribution in [1.82, 2.24) is 20.6 Å². The molecule has 1 aliphatic heterocycles. The number of hydrogen-bond donors (Lipinski definition) is 2. The topological polar surface area (TPSA) is 102 Å². The van der Waals surface area contributed by atoms with Gasteiger partial charge in [0.1, 0.15) is 0 Å². The summed E-state index contributed by atoms with van der Waals surface area (Å²) in [5.74, 6) is 0.144. The smallest absolute Gasteiger partial charge is 0.319 e. The number of aryl methyl sites for hydroxylation is 1. The number of aromatic nitrogens is 2. The fourth-order valence-corrected chi connectivity index (χ4v) is 3.85. The Balaban J connectivity index is 1.74. The first kappa shape index (κ1) is 19.1. The minimum atomic E-state index is -0.225. The van der Waals surface area contributed by atoms with Crippen molar-refractivity contribution in [3.63, 3.8) is 0 Å². The quantitative estimate of drug-likeness (QED) is 0.776. The van der Waals surface area contributed by atoms with E-state index in [0.717, 1.165) is 5.56 Å². The molecule has 3 rings (SSSR count). The van der Waals surface area contributed by atoms with Crippen molar-refractivity contribution in [2.75, 3.05) is 14.2 Å². The third-order valence-corrected chi connectivity index (χ3v) is 5.22. The third-order valence-electron chi connectivity index (χ3n) is 4.52. The average molecular weight is 390 g/mol. The molecule has 0 spiro atoms. The standard InChI is InChI=1S/C18H22N4O4S/c1-10-12(17(25-2)22-18(19-10)26-3)8-15(24)20-13-4-5-14(23)21-16(13)11-6-7-27-9-11/h6-7,9,13,16H,4-5,8H2,1-3H3,(H,20,24)(H,21,23)/t13-,16+/m1/s1. The lowest BCUT2D eigenvalue weighted by atomic mass is 9.93. The van der Waals surface area contributed by atoms with Gasteiger partial charge in [-0.05, 0) is 35.7 Å². The summed E-state index contributed by atoms with van der Waals surface area (Å²) in [6.07, 6.45) is 1.06. The number of ether oxygens (including phenoxy) is 2. The molecular weight excluding hydrogens is 368 g/mol. The molecule has 0 radical (unpaired) electrons. The van der Waals surface area contributed by atoms with E-state index in [0.29, 0.717) is 30.0 Å². The number of rotatable bonds is 6. The molecule has 8 nitrogen and oxygen atoms in total. The molecule has 0 bridgehead atoms. The van der Waals surface area contributed by atoms with Crippen LogP contribution in [0.2, 0.25) is 0 Å². The molecule has 1 aliphatic rings. The molecule has 27 heavy (non-hydrogen) atoms. The van der Waals surface area contributed by atoms with Crippen LogP contribution < -0.4 is 20.1 Å². The van der Waals surface area contributed by atoms with Crippen LogP contribution in [-0.4, -0.2) is 42.0 Å². The molecule has 1 saturated heterocycles. The largest absolute Gasteiger partial charge is 0.481 e. The van der Waals surface area contributed by atoms with Crippen LogP contribution in [0.15, 0.2) is 16.8 Å². The van der Waals surface area contributed by atoms with Crippen molar-refractivity contribution in [3.05, 3.63) is 33.6 Å². The highest BCUT2D eigenvalue weighted by Gasteiger charge is 2.31. The van der Waals surface area contributed by atoms with Crippen LogP contribution in [0, 0.1) is 6.92 Å². The maximum Gasteiger partial charge on any atom is 0.319 e. The highest BCUT2D eigenvalue weighted by molar-refractivity contribution is 7.08. The van der Waals surface area contributed by atoms with Gasteiger partial charge in [-0.1, -0.05) is 0 Å². The van der Waals surface area contributed by atoms with Gasteiger partial charge in [0.2, 0.25) is 17.7 Å². The van der Waals surface area contributed by atoms with Gasteiger partial charge >= 0.3 is 6.01 Å². The summed E-state index contributed by atoms with van der Waals surface area (Å²) in [7, 11) is 2.97. The second kappa shape index (κ2) is 8.34. The second-order valence-corrected chi connectivity index (χ2v) is 7.05. The van der Waals surface area contributed by atoms with Gasteiger partial charge in [-0.3, -0.25) is 9.59 Å². The van der Waals surface area contributed by atoms with E-state index in [2.05, 4.69) is 20.6 Å². The van der Waals surface area contributed by atoms with Gasteiger partial charge in [0.25, 0.3) is 0 Å². The van der Waals surface area contributed by atoms with Crippen LogP contribution in [0.1, 0.15) is 35.7 Å². The normalized spacial score (nSPS) is 19.3. The van der Waals surface area contributed by atoms with E-state index in [1.807, 2.05) is 16.8 Å². The minimum Gasteiger partial charge on any atom is -0.481 e. The number of nitrogens with one attached hydrogen (secondary N) is 2. The number of hydrogen-bond acceptors (Lipinski definition) is 7. The number of piperidine rings is 1. The Morgan fingerprint density at radius 1 is 1.37 bits per heavy atom. The Kier molecular flexibility index (Phi) is 5.90. The van der Waals surface area contributed by atoms with Crippen molar-refractivity contribution in [1.29, 1.82) is 0 Å². The molecule has 9 heteroatoms. The predicted octanol–water partition coefficient (Wildman–Crippen LogP) is 1.54. The Morgan fingerprint density at radius 3 is 2.85 bits per heavy atom. The molecule has 2 aromatic rings. The monoisotopic (exact) mass is 390 g/mol. The number of carbonyl (C=O) groups is 2. The van der Waals surface area contributed by atoms with Crippen molar-refractivity contribution >= 4 is 23.2 Å². The maximum atomic E-state index is 12.7. The van der Waals surface area contributed by atoms with Crippen LogP contribution in [0.4, 0.5) is 0 Å². The molecule has 0 saturated carbocycles. The van der Waals surface area contributed by atoms with Crippen LogP contribution >= 0.6 is 11.3 Å². The van der Waals surface area contributed by atoms with E-state index >= 15 is 0 Å². The zero-order valence-corrected chi connectivity index (χ0v) is 16.3. The number of amides is 2. The number of methoxy groups -OCH3 is 2.